The summed E-state index contributed by atoms with van der Waals surface area (Å²) in [6, 6.07) is 6.84. The molecule has 1 heterocycles. The number of benzene rings is 1. The van der Waals surface area contributed by atoms with Gasteiger partial charge in [-0.15, -0.1) is 0 Å². The van der Waals surface area contributed by atoms with Crippen LogP contribution in [0.3, 0.4) is 0 Å². The van der Waals surface area contributed by atoms with Crippen LogP contribution in [0, 0.1) is 19.3 Å². The van der Waals surface area contributed by atoms with E-state index in [2.05, 4.69) is 37.4 Å². The van der Waals surface area contributed by atoms with E-state index in [1.165, 1.54) is 29.5 Å². The molecule has 18 heavy (non-hydrogen) atoms. The van der Waals surface area contributed by atoms with E-state index in [0.717, 1.165) is 26.2 Å². The highest BCUT2D eigenvalue weighted by atomic mass is 16.5. The smallest absolute Gasteiger partial charge is 0.0537 e. The van der Waals surface area contributed by atoms with Gasteiger partial charge in [-0.25, -0.2) is 0 Å². The highest BCUT2D eigenvalue weighted by Crippen LogP contribution is 2.32. The van der Waals surface area contributed by atoms with Crippen LogP contribution >= 0.6 is 0 Å². The van der Waals surface area contributed by atoms with Crippen molar-refractivity contribution in [3.8, 4) is 0 Å². The minimum Gasteiger partial charge on any atom is -0.381 e. The second kappa shape index (κ2) is 5.85. The van der Waals surface area contributed by atoms with Gasteiger partial charge in [-0.2, -0.15) is 0 Å². The quantitative estimate of drug-likeness (QED) is 0.883. The Bertz CT molecular complexity index is 389. The standard InChI is InChI=1S/C16H25NO/c1-13-5-6-15(9-14(13)2)10-16(11-17-3)7-4-8-18-12-16/h5-6,9,17H,4,7-8,10-12H2,1-3H3. The molecule has 2 heteroatoms. The Morgan fingerprint density at radius 3 is 2.72 bits per heavy atom. The summed E-state index contributed by atoms with van der Waals surface area (Å²) in [6.07, 6.45) is 3.57. The zero-order valence-corrected chi connectivity index (χ0v) is 11.9. The van der Waals surface area contributed by atoms with E-state index in [9.17, 15) is 0 Å². The lowest BCUT2D eigenvalue weighted by molar-refractivity contribution is -0.00624. The van der Waals surface area contributed by atoms with Crippen LogP contribution in [0.4, 0.5) is 0 Å². The Labute approximate surface area is 111 Å². The Morgan fingerprint density at radius 2 is 2.11 bits per heavy atom. The lowest BCUT2D eigenvalue weighted by atomic mass is 9.77. The van der Waals surface area contributed by atoms with E-state index in [4.69, 9.17) is 4.74 Å². The van der Waals surface area contributed by atoms with Gasteiger partial charge in [-0.1, -0.05) is 18.2 Å². The maximum atomic E-state index is 5.72. The summed E-state index contributed by atoms with van der Waals surface area (Å²) < 4.78 is 5.72. The number of ether oxygens (including phenoxy) is 1. The highest BCUT2D eigenvalue weighted by Gasteiger charge is 2.32. The fourth-order valence-electron chi connectivity index (χ4n) is 2.97. The zero-order chi connectivity index (χ0) is 13.0. The van der Waals surface area contributed by atoms with Gasteiger partial charge in [-0.05, 0) is 56.8 Å². The molecule has 0 aromatic heterocycles. The molecule has 1 aromatic rings. The van der Waals surface area contributed by atoms with Gasteiger partial charge in [0.05, 0.1) is 6.61 Å². The predicted octanol–water partition coefficient (Wildman–Crippen LogP) is 2.86. The molecule has 0 amide bonds. The van der Waals surface area contributed by atoms with Crippen LogP contribution in [0.15, 0.2) is 18.2 Å². The lowest BCUT2D eigenvalue weighted by Crippen LogP contribution is -2.41. The van der Waals surface area contributed by atoms with Crippen molar-refractivity contribution in [2.45, 2.75) is 33.1 Å². The Kier molecular flexibility index (Phi) is 4.41. The predicted molar refractivity (Wildman–Crippen MR) is 76.0 cm³/mol. The van der Waals surface area contributed by atoms with E-state index >= 15 is 0 Å². The fraction of sp³-hybridized carbons (Fsp3) is 0.625. The molecule has 1 aromatic carbocycles. The molecule has 0 radical (unpaired) electrons. The SMILES string of the molecule is CNCC1(Cc2ccc(C)c(C)c2)CCCOC1. The molecule has 2 rings (SSSR count). The molecule has 1 N–H and O–H groups in total. The van der Waals surface area contributed by atoms with Gasteiger partial charge in [-0.3, -0.25) is 0 Å². The Morgan fingerprint density at radius 1 is 1.28 bits per heavy atom. The Hall–Kier alpha value is -0.860. The first kappa shape index (κ1) is 13.6. The van der Waals surface area contributed by atoms with Crippen molar-refractivity contribution in [1.82, 2.24) is 5.32 Å². The molecular formula is C16H25NO. The number of hydrogen-bond acceptors (Lipinski definition) is 2. The first-order valence-electron chi connectivity index (χ1n) is 6.94. The molecule has 1 saturated heterocycles. The van der Waals surface area contributed by atoms with Crippen LogP contribution in [0.25, 0.3) is 0 Å². The molecule has 1 unspecified atom stereocenters. The van der Waals surface area contributed by atoms with Crippen LogP contribution in [0.2, 0.25) is 0 Å². The van der Waals surface area contributed by atoms with E-state index in [-0.39, 0.29) is 5.41 Å². The molecule has 0 spiro atoms. The van der Waals surface area contributed by atoms with E-state index < -0.39 is 0 Å². The second-order valence-electron chi connectivity index (χ2n) is 5.78. The zero-order valence-electron chi connectivity index (χ0n) is 11.9. The summed E-state index contributed by atoms with van der Waals surface area (Å²) in [5, 5.41) is 3.34. The maximum absolute atomic E-state index is 5.72. The van der Waals surface area contributed by atoms with Crippen LogP contribution in [-0.2, 0) is 11.2 Å². The molecule has 0 aliphatic carbocycles. The third-order valence-corrected chi connectivity index (χ3v) is 4.11. The molecule has 1 fully saturated rings. The second-order valence-corrected chi connectivity index (χ2v) is 5.78. The minimum atomic E-state index is 0.286. The van der Waals surface area contributed by atoms with Crippen molar-refractivity contribution in [2.24, 2.45) is 5.41 Å². The van der Waals surface area contributed by atoms with Crippen LogP contribution in [0.5, 0.6) is 0 Å². The minimum absolute atomic E-state index is 0.286. The summed E-state index contributed by atoms with van der Waals surface area (Å²) in [5.74, 6) is 0. The molecule has 1 aliphatic heterocycles. The van der Waals surface area contributed by atoms with Crippen LogP contribution in [-0.4, -0.2) is 26.8 Å². The third kappa shape index (κ3) is 3.12. The van der Waals surface area contributed by atoms with Gasteiger partial charge in [0.2, 0.25) is 0 Å². The first-order chi connectivity index (χ1) is 8.65. The van der Waals surface area contributed by atoms with Gasteiger partial charge in [0.1, 0.15) is 0 Å². The summed E-state index contributed by atoms with van der Waals surface area (Å²) in [4.78, 5) is 0. The third-order valence-electron chi connectivity index (χ3n) is 4.11. The molecule has 2 nitrogen and oxygen atoms in total. The Balaban J connectivity index is 2.14. The van der Waals surface area contributed by atoms with Crippen molar-refractivity contribution >= 4 is 0 Å². The maximum Gasteiger partial charge on any atom is 0.0537 e. The van der Waals surface area contributed by atoms with E-state index in [0.29, 0.717) is 0 Å². The average molecular weight is 247 g/mol. The molecule has 1 aliphatic rings. The normalized spacial score (nSPS) is 24.2. The molecule has 0 saturated carbocycles. The van der Waals surface area contributed by atoms with Crippen molar-refractivity contribution in [3.05, 3.63) is 34.9 Å². The topological polar surface area (TPSA) is 21.3 Å². The average Bonchev–Trinajstić information content (AvgIpc) is 2.35. The highest BCUT2D eigenvalue weighted by molar-refractivity contribution is 5.30. The molecular weight excluding hydrogens is 222 g/mol. The van der Waals surface area contributed by atoms with Crippen LogP contribution < -0.4 is 5.32 Å². The van der Waals surface area contributed by atoms with Crippen LogP contribution in [0.1, 0.15) is 29.5 Å². The first-order valence-corrected chi connectivity index (χ1v) is 6.94. The van der Waals surface area contributed by atoms with Gasteiger partial charge < -0.3 is 10.1 Å². The lowest BCUT2D eigenvalue weighted by Gasteiger charge is -2.37. The summed E-state index contributed by atoms with van der Waals surface area (Å²) >= 11 is 0. The number of aryl methyl sites for hydroxylation is 2. The summed E-state index contributed by atoms with van der Waals surface area (Å²) in [5.41, 5.74) is 4.50. The fourth-order valence-corrected chi connectivity index (χ4v) is 2.97. The molecule has 100 valence electrons. The number of nitrogens with one attached hydrogen (secondary N) is 1. The number of rotatable bonds is 4. The largest absolute Gasteiger partial charge is 0.381 e. The van der Waals surface area contributed by atoms with Gasteiger partial charge >= 0.3 is 0 Å². The monoisotopic (exact) mass is 247 g/mol. The van der Waals surface area contributed by atoms with Gasteiger partial charge in [0.15, 0.2) is 0 Å². The van der Waals surface area contributed by atoms with Crippen molar-refractivity contribution in [2.75, 3.05) is 26.8 Å². The molecule has 0 bridgehead atoms. The van der Waals surface area contributed by atoms with Gasteiger partial charge in [0, 0.05) is 18.6 Å². The van der Waals surface area contributed by atoms with Crippen molar-refractivity contribution in [1.29, 1.82) is 0 Å². The molecule has 1 atom stereocenters. The summed E-state index contributed by atoms with van der Waals surface area (Å²) in [6.45, 7) is 7.23. The number of hydrogen-bond donors (Lipinski definition) is 1. The van der Waals surface area contributed by atoms with E-state index in [1.54, 1.807) is 0 Å². The summed E-state index contributed by atoms with van der Waals surface area (Å²) in [7, 11) is 2.04. The van der Waals surface area contributed by atoms with Crippen molar-refractivity contribution in [3.63, 3.8) is 0 Å². The van der Waals surface area contributed by atoms with E-state index in [1.807, 2.05) is 7.05 Å². The van der Waals surface area contributed by atoms with Crippen molar-refractivity contribution < 1.29 is 4.74 Å². The van der Waals surface area contributed by atoms with Gasteiger partial charge in [0.25, 0.3) is 0 Å².